The molecule has 34 heavy (non-hydrogen) atoms. The van der Waals surface area contributed by atoms with Crippen LogP contribution in [0.2, 0.25) is 0 Å². The normalized spacial score (nSPS) is 17.8. The Bertz CT molecular complexity index is 1270. The van der Waals surface area contributed by atoms with Crippen molar-refractivity contribution in [3.8, 4) is 34.7 Å². The number of nitriles is 1. The lowest BCUT2D eigenvalue weighted by Gasteiger charge is -2.42. The number of carbonyl (C=O) groups is 1. The zero-order valence-electron chi connectivity index (χ0n) is 19.5. The lowest BCUT2D eigenvalue weighted by atomic mass is 9.94. The summed E-state index contributed by atoms with van der Waals surface area (Å²) in [6.07, 6.45) is 1.92. The van der Waals surface area contributed by atoms with Crippen molar-refractivity contribution in [3.63, 3.8) is 0 Å². The standard InChI is InChI=1S/C26H27N5O3/c1-15(2)33-23-10-7-16(11-17(23)12-27)26-29-24(30-34-26)21-6-4-5-20-19(21)8-9-22(20)31-13-18(14-31)25(32)28-3/h4-7,10-11,15,18,22H,8-9,13-14H2,1-3H3,(H,28,32)/t22-/m0/s1. The lowest BCUT2D eigenvalue weighted by Crippen LogP contribution is -2.53. The van der Waals surface area contributed by atoms with E-state index >= 15 is 0 Å². The fourth-order valence-corrected chi connectivity index (χ4v) is 4.92. The highest BCUT2D eigenvalue weighted by atomic mass is 16.5. The van der Waals surface area contributed by atoms with Gasteiger partial charge in [-0.3, -0.25) is 9.69 Å². The van der Waals surface area contributed by atoms with Crippen LogP contribution in [-0.4, -0.2) is 47.2 Å². The number of fused-ring (bicyclic) bond motifs is 1. The molecular weight excluding hydrogens is 430 g/mol. The second-order valence-electron chi connectivity index (χ2n) is 9.11. The van der Waals surface area contributed by atoms with E-state index in [9.17, 15) is 10.1 Å². The Balaban J connectivity index is 1.38. The molecule has 5 rings (SSSR count). The van der Waals surface area contributed by atoms with Crippen molar-refractivity contribution in [3.05, 3.63) is 53.1 Å². The molecule has 0 bridgehead atoms. The Labute approximate surface area is 198 Å². The third-order valence-electron chi connectivity index (χ3n) is 6.58. The summed E-state index contributed by atoms with van der Waals surface area (Å²) in [5.41, 5.74) is 4.60. The summed E-state index contributed by atoms with van der Waals surface area (Å²) in [5, 5.41) is 16.5. The van der Waals surface area contributed by atoms with Gasteiger partial charge in [-0.15, -0.1) is 0 Å². The Morgan fingerprint density at radius 2 is 2.12 bits per heavy atom. The summed E-state index contributed by atoms with van der Waals surface area (Å²) in [5.74, 6) is 1.64. The minimum atomic E-state index is -0.0251. The minimum Gasteiger partial charge on any atom is -0.490 e. The van der Waals surface area contributed by atoms with Gasteiger partial charge in [-0.2, -0.15) is 10.2 Å². The summed E-state index contributed by atoms with van der Waals surface area (Å²) in [4.78, 5) is 18.9. The van der Waals surface area contributed by atoms with Crippen LogP contribution < -0.4 is 10.1 Å². The highest BCUT2D eigenvalue weighted by molar-refractivity contribution is 5.79. The first-order valence-corrected chi connectivity index (χ1v) is 11.6. The van der Waals surface area contributed by atoms with E-state index in [0.29, 0.717) is 34.6 Å². The van der Waals surface area contributed by atoms with Crippen LogP contribution in [-0.2, 0) is 11.2 Å². The van der Waals surface area contributed by atoms with Gasteiger partial charge in [0.2, 0.25) is 11.7 Å². The molecule has 0 unspecified atom stereocenters. The van der Waals surface area contributed by atoms with Gasteiger partial charge in [0, 0.05) is 37.3 Å². The van der Waals surface area contributed by atoms with Gasteiger partial charge in [0.15, 0.2) is 0 Å². The smallest absolute Gasteiger partial charge is 0.258 e. The topological polar surface area (TPSA) is 104 Å². The lowest BCUT2D eigenvalue weighted by molar-refractivity contribution is -0.130. The first kappa shape index (κ1) is 22.1. The fourth-order valence-electron chi connectivity index (χ4n) is 4.92. The Morgan fingerprint density at radius 3 is 2.85 bits per heavy atom. The monoisotopic (exact) mass is 457 g/mol. The number of nitrogens with zero attached hydrogens (tertiary/aromatic N) is 4. The van der Waals surface area contributed by atoms with Gasteiger partial charge in [0.05, 0.1) is 17.6 Å². The quantitative estimate of drug-likeness (QED) is 0.601. The second kappa shape index (κ2) is 8.92. The van der Waals surface area contributed by atoms with Gasteiger partial charge in [-0.1, -0.05) is 23.4 Å². The molecule has 0 radical (unpaired) electrons. The van der Waals surface area contributed by atoms with Crippen molar-refractivity contribution in [1.29, 1.82) is 5.26 Å². The molecule has 2 aliphatic rings. The van der Waals surface area contributed by atoms with Crippen molar-refractivity contribution in [2.45, 2.75) is 38.8 Å². The largest absolute Gasteiger partial charge is 0.490 e. The highest BCUT2D eigenvalue weighted by Crippen LogP contribution is 2.42. The van der Waals surface area contributed by atoms with Crippen molar-refractivity contribution in [2.24, 2.45) is 5.92 Å². The van der Waals surface area contributed by atoms with E-state index in [1.54, 1.807) is 19.2 Å². The van der Waals surface area contributed by atoms with Crippen molar-refractivity contribution >= 4 is 5.91 Å². The number of likely N-dealkylation sites (tertiary alicyclic amines) is 1. The van der Waals surface area contributed by atoms with Gasteiger partial charge in [-0.25, -0.2) is 0 Å². The molecule has 1 fully saturated rings. The van der Waals surface area contributed by atoms with Crippen LogP contribution in [0.5, 0.6) is 5.75 Å². The summed E-state index contributed by atoms with van der Waals surface area (Å²) in [6.45, 7) is 5.42. The molecule has 174 valence electrons. The van der Waals surface area contributed by atoms with Crippen LogP contribution in [0.1, 0.15) is 43.0 Å². The van der Waals surface area contributed by atoms with Crippen LogP contribution in [0, 0.1) is 17.2 Å². The molecule has 8 nitrogen and oxygen atoms in total. The summed E-state index contributed by atoms with van der Waals surface area (Å²) >= 11 is 0. The maximum absolute atomic E-state index is 11.9. The number of hydrogen-bond acceptors (Lipinski definition) is 7. The van der Waals surface area contributed by atoms with E-state index in [1.165, 1.54) is 11.1 Å². The number of amides is 1. The maximum Gasteiger partial charge on any atom is 0.258 e. The molecule has 2 aromatic carbocycles. The molecule has 1 aromatic heterocycles. The van der Waals surface area contributed by atoms with Crippen molar-refractivity contribution < 1.29 is 14.1 Å². The van der Waals surface area contributed by atoms with Crippen LogP contribution in [0.4, 0.5) is 0 Å². The number of aromatic nitrogens is 2. The molecule has 0 saturated carbocycles. The van der Waals surface area contributed by atoms with E-state index in [-0.39, 0.29) is 17.9 Å². The molecule has 1 amide bonds. The maximum atomic E-state index is 11.9. The zero-order chi connectivity index (χ0) is 23.8. The predicted octanol–water partition coefficient (Wildman–Crippen LogP) is 3.73. The predicted molar refractivity (Wildman–Crippen MR) is 126 cm³/mol. The highest BCUT2D eigenvalue weighted by Gasteiger charge is 2.39. The molecule has 0 spiro atoms. The molecule has 2 heterocycles. The number of nitrogens with one attached hydrogen (secondary N) is 1. The number of carbonyl (C=O) groups excluding carboxylic acids is 1. The molecule has 1 aliphatic heterocycles. The van der Waals surface area contributed by atoms with Crippen LogP contribution in [0.25, 0.3) is 22.8 Å². The molecule has 1 aliphatic carbocycles. The van der Waals surface area contributed by atoms with Gasteiger partial charge in [0.1, 0.15) is 11.8 Å². The number of benzene rings is 2. The van der Waals surface area contributed by atoms with Gasteiger partial charge in [-0.05, 0) is 56.0 Å². The Hall–Kier alpha value is -3.70. The average Bonchev–Trinajstić information content (AvgIpc) is 3.46. The first-order chi connectivity index (χ1) is 16.5. The molecule has 8 heteroatoms. The zero-order valence-corrected chi connectivity index (χ0v) is 19.5. The number of rotatable bonds is 6. The molecule has 1 saturated heterocycles. The fraction of sp³-hybridized carbons (Fsp3) is 0.385. The third-order valence-corrected chi connectivity index (χ3v) is 6.58. The molecule has 3 aromatic rings. The SMILES string of the molecule is CNC(=O)C1CN([C@H]2CCc3c(-c4noc(-c5ccc(OC(C)C)c(C#N)c5)n4)cccc32)C1. The first-order valence-electron chi connectivity index (χ1n) is 11.6. The van der Waals surface area contributed by atoms with Crippen LogP contribution >= 0.6 is 0 Å². The van der Waals surface area contributed by atoms with E-state index < -0.39 is 0 Å². The van der Waals surface area contributed by atoms with Crippen molar-refractivity contribution in [1.82, 2.24) is 20.4 Å². The van der Waals surface area contributed by atoms with Gasteiger partial charge < -0.3 is 14.6 Å². The van der Waals surface area contributed by atoms with Crippen LogP contribution in [0.15, 0.2) is 40.9 Å². The summed E-state index contributed by atoms with van der Waals surface area (Å²) < 4.78 is 11.3. The molecular formula is C26H27N5O3. The van der Waals surface area contributed by atoms with Gasteiger partial charge in [0.25, 0.3) is 5.89 Å². The van der Waals surface area contributed by atoms with E-state index in [4.69, 9.17) is 9.26 Å². The van der Waals surface area contributed by atoms with Crippen molar-refractivity contribution in [2.75, 3.05) is 20.1 Å². The second-order valence-corrected chi connectivity index (χ2v) is 9.11. The third kappa shape index (κ3) is 3.93. The van der Waals surface area contributed by atoms with E-state index in [2.05, 4.69) is 32.5 Å². The van der Waals surface area contributed by atoms with E-state index in [1.807, 2.05) is 32.0 Å². The average molecular weight is 458 g/mol. The van der Waals surface area contributed by atoms with Crippen LogP contribution in [0.3, 0.4) is 0 Å². The molecule has 1 atom stereocenters. The minimum absolute atomic E-state index is 0.0251. The number of ether oxygens (including phenoxy) is 1. The summed E-state index contributed by atoms with van der Waals surface area (Å²) in [7, 11) is 1.69. The molecule has 1 N–H and O–H groups in total. The van der Waals surface area contributed by atoms with E-state index in [0.717, 1.165) is 31.5 Å². The summed E-state index contributed by atoms with van der Waals surface area (Å²) in [6, 6.07) is 14.0. The Morgan fingerprint density at radius 1 is 1.29 bits per heavy atom. The Kier molecular flexibility index (Phi) is 5.80. The van der Waals surface area contributed by atoms with Gasteiger partial charge >= 0.3 is 0 Å². The number of hydrogen-bond donors (Lipinski definition) is 1.